The van der Waals surface area contributed by atoms with Gasteiger partial charge in [0, 0.05) is 11.5 Å². The van der Waals surface area contributed by atoms with E-state index in [1.54, 1.807) is 30.3 Å². The number of anilines is 1. The molecule has 3 N–H and O–H groups in total. The average molecular weight is 486 g/mol. The minimum Gasteiger partial charge on any atom is -0.364 e. The van der Waals surface area contributed by atoms with Crippen LogP contribution in [-0.4, -0.2) is 31.7 Å². The van der Waals surface area contributed by atoms with Crippen molar-refractivity contribution in [1.82, 2.24) is 19.9 Å². The molecule has 0 bridgehead atoms. The van der Waals surface area contributed by atoms with E-state index in [9.17, 15) is 22.8 Å². The number of nitrogens with one attached hydrogen (secondary N) is 1. The lowest BCUT2D eigenvalue weighted by atomic mass is 10.1. The van der Waals surface area contributed by atoms with Crippen molar-refractivity contribution in [1.29, 1.82) is 0 Å². The number of hydrogen-bond donors (Lipinski definition) is 2. The molecule has 3 aromatic heterocycles. The second-order valence-electron chi connectivity index (χ2n) is 8.23. The van der Waals surface area contributed by atoms with Gasteiger partial charge in [-0.25, -0.2) is 4.98 Å². The number of primary amides is 1. The number of alkyl halides is 3. The second kappa shape index (κ2) is 8.85. The zero-order chi connectivity index (χ0) is 25.5. The number of pyridine rings is 1. The highest BCUT2D eigenvalue weighted by Crippen LogP contribution is 2.36. The van der Waals surface area contributed by atoms with Crippen molar-refractivity contribution in [3.05, 3.63) is 70.5 Å². The first-order valence-corrected chi connectivity index (χ1v) is 10.6. The molecule has 3 heterocycles. The Morgan fingerprint density at radius 1 is 1.20 bits per heavy atom. The number of carbonyl (C=O) groups is 2. The number of aromatic nitrogens is 4. The van der Waals surface area contributed by atoms with E-state index in [1.165, 1.54) is 6.92 Å². The molecule has 0 radical (unpaired) electrons. The predicted octanol–water partition coefficient (Wildman–Crippen LogP) is 4.27. The largest absolute Gasteiger partial charge is 0.437 e. The summed E-state index contributed by atoms with van der Waals surface area (Å²) < 4.78 is 47.8. The fourth-order valence-corrected chi connectivity index (χ4v) is 3.54. The van der Waals surface area contributed by atoms with Crippen LogP contribution < -0.4 is 11.1 Å². The van der Waals surface area contributed by atoms with Crippen molar-refractivity contribution in [2.24, 2.45) is 5.73 Å². The van der Waals surface area contributed by atoms with Crippen LogP contribution in [0.5, 0.6) is 0 Å². The summed E-state index contributed by atoms with van der Waals surface area (Å²) >= 11 is 0. The third-order valence-electron chi connectivity index (χ3n) is 5.40. The molecule has 0 aliphatic rings. The standard InChI is InChI=1S/C23H21F3N6O3/c1-11(2)17-8-13(35-31-17)10-32-12(3)19(20(30-32)23(24,25)26)29-22(34)15-9-18(21(27)33)28-16-7-5-4-6-14(15)16/h4-9,11H,10H2,1-3H3,(H2,27,33)(H,29,34). The SMILES string of the molecule is Cc1c(NC(=O)c2cc(C(N)=O)nc3ccccc23)c(C(F)(F)F)nn1Cc1cc(C(C)C)no1. The fraction of sp³-hybridized carbons (Fsp3) is 0.261. The van der Waals surface area contributed by atoms with Crippen LogP contribution in [0.3, 0.4) is 0 Å². The van der Waals surface area contributed by atoms with E-state index in [4.69, 9.17) is 10.3 Å². The molecule has 12 heteroatoms. The zero-order valence-corrected chi connectivity index (χ0v) is 19.0. The maximum absolute atomic E-state index is 13.8. The van der Waals surface area contributed by atoms with Crippen molar-refractivity contribution in [3.8, 4) is 0 Å². The van der Waals surface area contributed by atoms with Crippen LogP contribution in [0.25, 0.3) is 10.9 Å². The smallest absolute Gasteiger partial charge is 0.364 e. The van der Waals surface area contributed by atoms with Gasteiger partial charge in [0.15, 0.2) is 11.5 Å². The summed E-state index contributed by atoms with van der Waals surface area (Å²) in [5.74, 6) is -1.36. The molecule has 4 aromatic rings. The number of halogens is 3. The molecule has 182 valence electrons. The number of benzene rings is 1. The van der Waals surface area contributed by atoms with Crippen LogP contribution in [0.4, 0.5) is 18.9 Å². The molecule has 0 aliphatic heterocycles. The van der Waals surface area contributed by atoms with Gasteiger partial charge >= 0.3 is 6.18 Å². The first-order chi connectivity index (χ1) is 16.5. The number of fused-ring (bicyclic) bond motifs is 1. The van der Waals surface area contributed by atoms with Gasteiger partial charge in [-0.15, -0.1) is 0 Å². The van der Waals surface area contributed by atoms with E-state index < -0.39 is 29.4 Å². The normalized spacial score (nSPS) is 11.9. The molecule has 0 unspecified atom stereocenters. The number of para-hydroxylation sites is 1. The lowest BCUT2D eigenvalue weighted by molar-refractivity contribution is -0.140. The highest BCUT2D eigenvalue weighted by molar-refractivity contribution is 6.14. The molecule has 0 saturated carbocycles. The Kier molecular flexibility index (Phi) is 6.05. The molecule has 0 fully saturated rings. The molecule has 2 amide bonds. The third-order valence-corrected chi connectivity index (χ3v) is 5.40. The summed E-state index contributed by atoms with van der Waals surface area (Å²) in [4.78, 5) is 28.9. The molecule has 9 nitrogen and oxygen atoms in total. The summed E-state index contributed by atoms with van der Waals surface area (Å²) in [6, 6.07) is 9.20. The van der Waals surface area contributed by atoms with Crippen LogP contribution in [0.15, 0.2) is 40.9 Å². The first-order valence-electron chi connectivity index (χ1n) is 10.6. The van der Waals surface area contributed by atoms with E-state index >= 15 is 0 Å². The van der Waals surface area contributed by atoms with E-state index in [1.807, 2.05) is 13.8 Å². The lowest BCUT2D eigenvalue weighted by Crippen LogP contribution is -2.19. The zero-order valence-electron chi connectivity index (χ0n) is 19.0. The number of amides is 2. The average Bonchev–Trinajstić information content (AvgIpc) is 3.38. The molecule has 35 heavy (non-hydrogen) atoms. The van der Waals surface area contributed by atoms with Crippen molar-refractivity contribution < 1.29 is 27.3 Å². The number of nitrogens with two attached hydrogens (primary N) is 1. The van der Waals surface area contributed by atoms with Gasteiger partial charge < -0.3 is 15.6 Å². The van der Waals surface area contributed by atoms with Crippen LogP contribution in [0, 0.1) is 6.92 Å². The van der Waals surface area contributed by atoms with E-state index in [0.29, 0.717) is 22.4 Å². The summed E-state index contributed by atoms with van der Waals surface area (Å²) in [6.45, 7) is 5.09. The lowest BCUT2D eigenvalue weighted by Gasteiger charge is -2.11. The van der Waals surface area contributed by atoms with E-state index in [2.05, 4.69) is 20.6 Å². The third kappa shape index (κ3) is 4.72. The van der Waals surface area contributed by atoms with Gasteiger partial charge in [0.1, 0.15) is 12.2 Å². The molecular weight excluding hydrogens is 465 g/mol. The maximum atomic E-state index is 13.8. The van der Waals surface area contributed by atoms with Crippen LogP contribution in [0.1, 0.15) is 63.5 Å². The van der Waals surface area contributed by atoms with Gasteiger partial charge in [0.2, 0.25) is 0 Å². The van der Waals surface area contributed by atoms with E-state index in [0.717, 1.165) is 10.7 Å². The van der Waals surface area contributed by atoms with E-state index in [-0.39, 0.29) is 29.4 Å². The molecule has 0 spiro atoms. The topological polar surface area (TPSA) is 129 Å². The summed E-state index contributed by atoms with van der Waals surface area (Å²) in [5.41, 5.74) is 4.31. The number of nitrogens with zero attached hydrogens (tertiary/aromatic N) is 4. The minimum absolute atomic E-state index is 0.0542. The Hall–Kier alpha value is -4.22. The molecule has 4 rings (SSSR count). The number of hydrogen-bond acceptors (Lipinski definition) is 6. The Morgan fingerprint density at radius 2 is 1.91 bits per heavy atom. The number of rotatable bonds is 6. The maximum Gasteiger partial charge on any atom is 0.437 e. The minimum atomic E-state index is -4.85. The van der Waals surface area contributed by atoms with Gasteiger partial charge in [-0.1, -0.05) is 37.2 Å². The summed E-state index contributed by atoms with van der Waals surface area (Å²) in [6.07, 6.45) is -4.85. The van der Waals surface area contributed by atoms with Crippen LogP contribution in [-0.2, 0) is 12.7 Å². The van der Waals surface area contributed by atoms with Crippen LogP contribution in [0.2, 0.25) is 0 Å². The van der Waals surface area contributed by atoms with Crippen molar-refractivity contribution in [2.45, 2.75) is 39.4 Å². The Balaban J connectivity index is 1.74. The van der Waals surface area contributed by atoms with Gasteiger partial charge in [-0.3, -0.25) is 14.3 Å². The van der Waals surface area contributed by atoms with Gasteiger partial charge in [-0.2, -0.15) is 18.3 Å². The van der Waals surface area contributed by atoms with Crippen molar-refractivity contribution in [3.63, 3.8) is 0 Å². The molecule has 0 saturated heterocycles. The number of carbonyl (C=O) groups excluding carboxylic acids is 2. The monoisotopic (exact) mass is 486 g/mol. The predicted molar refractivity (Wildman–Crippen MR) is 120 cm³/mol. The van der Waals surface area contributed by atoms with Gasteiger partial charge in [0.05, 0.1) is 28.2 Å². The molecule has 0 aliphatic carbocycles. The summed E-state index contributed by atoms with van der Waals surface area (Å²) in [5, 5.41) is 10.3. The first kappa shape index (κ1) is 23.9. The Morgan fingerprint density at radius 3 is 2.54 bits per heavy atom. The quantitative estimate of drug-likeness (QED) is 0.419. The van der Waals surface area contributed by atoms with Gasteiger partial charge in [0.25, 0.3) is 11.8 Å². The Bertz CT molecular complexity index is 1440. The molecule has 1 aromatic carbocycles. The van der Waals surface area contributed by atoms with Crippen LogP contribution >= 0.6 is 0 Å². The van der Waals surface area contributed by atoms with Gasteiger partial charge in [-0.05, 0) is 25.0 Å². The fourth-order valence-electron chi connectivity index (χ4n) is 3.54. The summed E-state index contributed by atoms with van der Waals surface area (Å²) in [7, 11) is 0. The molecule has 0 atom stereocenters. The highest BCUT2D eigenvalue weighted by atomic mass is 19.4. The van der Waals surface area contributed by atoms with Crippen molar-refractivity contribution in [2.75, 3.05) is 5.32 Å². The van der Waals surface area contributed by atoms with Crippen molar-refractivity contribution >= 4 is 28.4 Å². The highest BCUT2D eigenvalue weighted by Gasteiger charge is 2.39. The Labute approximate surface area is 197 Å². The second-order valence-corrected chi connectivity index (χ2v) is 8.23. The molecular formula is C23H21F3N6O3.